The van der Waals surface area contributed by atoms with E-state index < -0.39 is 17.7 Å². The topological polar surface area (TPSA) is 100 Å². The third-order valence-electron chi connectivity index (χ3n) is 6.44. The molecular formula is C21H34N4O4S. The summed E-state index contributed by atoms with van der Waals surface area (Å²) >= 11 is 1.54. The van der Waals surface area contributed by atoms with Crippen molar-refractivity contribution in [1.82, 2.24) is 15.6 Å². The average Bonchev–Trinajstić information content (AvgIpc) is 2.95. The second-order valence-electron chi connectivity index (χ2n) is 8.60. The lowest BCUT2D eigenvalue weighted by Gasteiger charge is -2.30. The number of Topliss-reactive ketones (excluding diaryl/α,β-unsaturated/α-hetero) is 1. The second kappa shape index (κ2) is 11.1. The Kier molecular flexibility index (Phi) is 8.56. The van der Waals surface area contributed by atoms with E-state index in [0.29, 0.717) is 37.3 Å². The molecule has 0 bridgehead atoms. The number of hydrazone groups is 1. The van der Waals surface area contributed by atoms with Gasteiger partial charge in [0.2, 0.25) is 11.7 Å². The average molecular weight is 439 g/mol. The lowest BCUT2D eigenvalue weighted by atomic mass is 9.87. The van der Waals surface area contributed by atoms with Crippen LogP contribution in [0.15, 0.2) is 5.10 Å². The lowest BCUT2D eigenvalue weighted by molar-refractivity contribution is -0.142. The summed E-state index contributed by atoms with van der Waals surface area (Å²) in [5.41, 5.74) is 2.41. The summed E-state index contributed by atoms with van der Waals surface area (Å²) in [5.74, 6) is -0.762. The molecule has 2 aliphatic heterocycles. The number of amides is 2. The van der Waals surface area contributed by atoms with Crippen molar-refractivity contribution >= 4 is 34.5 Å². The summed E-state index contributed by atoms with van der Waals surface area (Å²) < 4.78 is 5.41. The van der Waals surface area contributed by atoms with Gasteiger partial charge in [0.1, 0.15) is 6.04 Å². The quantitative estimate of drug-likeness (QED) is 0.373. The van der Waals surface area contributed by atoms with Crippen molar-refractivity contribution in [2.75, 3.05) is 26.0 Å². The molecule has 3 rings (SSSR count). The zero-order valence-corrected chi connectivity index (χ0v) is 18.8. The summed E-state index contributed by atoms with van der Waals surface area (Å²) in [4.78, 5) is 40.5. The van der Waals surface area contributed by atoms with E-state index in [-0.39, 0.29) is 17.7 Å². The Labute approximate surface area is 182 Å². The van der Waals surface area contributed by atoms with E-state index in [1.807, 2.05) is 11.9 Å². The van der Waals surface area contributed by atoms with E-state index in [1.54, 1.807) is 11.8 Å². The Bertz CT molecular complexity index is 657. The van der Waals surface area contributed by atoms with Crippen LogP contribution in [-0.2, 0) is 19.1 Å². The fraction of sp³-hybridized carbons (Fsp3) is 0.810. The molecule has 8 nitrogen and oxygen atoms in total. The first-order chi connectivity index (χ1) is 14.5. The van der Waals surface area contributed by atoms with Crippen LogP contribution in [0, 0.1) is 11.8 Å². The molecule has 3 aliphatic rings. The predicted molar refractivity (Wildman–Crippen MR) is 117 cm³/mol. The number of thioether (sulfide) groups is 1. The van der Waals surface area contributed by atoms with Crippen molar-refractivity contribution in [2.24, 2.45) is 16.9 Å². The largest absolute Gasteiger partial charge is 0.381 e. The van der Waals surface area contributed by atoms with Crippen LogP contribution in [0.2, 0.25) is 0 Å². The summed E-state index contributed by atoms with van der Waals surface area (Å²) in [6.07, 6.45) is 7.38. The van der Waals surface area contributed by atoms with Gasteiger partial charge in [-0.05, 0) is 38.5 Å². The third kappa shape index (κ3) is 5.97. The number of nitrogens with one attached hydrogen (secondary N) is 2. The molecule has 0 aromatic rings. The monoisotopic (exact) mass is 438 g/mol. The van der Waals surface area contributed by atoms with Crippen LogP contribution < -0.4 is 10.7 Å². The van der Waals surface area contributed by atoms with Crippen molar-refractivity contribution in [3.8, 4) is 0 Å². The van der Waals surface area contributed by atoms with E-state index in [0.717, 1.165) is 44.3 Å². The minimum Gasteiger partial charge on any atom is -0.381 e. The smallest absolute Gasteiger partial charge is 0.309 e. The van der Waals surface area contributed by atoms with Gasteiger partial charge >= 0.3 is 5.91 Å². The van der Waals surface area contributed by atoms with Gasteiger partial charge in [0.05, 0.1) is 0 Å². The maximum absolute atomic E-state index is 13.0. The highest BCUT2D eigenvalue weighted by atomic mass is 32.2. The van der Waals surface area contributed by atoms with Gasteiger partial charge in [-0.15, -0.1) is 5.10 Å². The lowest BCUT2D eigenvalue weighted by Crippen LogP contribution is -2.53. The molecule has 0 aromatic heterocycles. The molecule has 2 N–H and O–H groups in total. The fourth-order valence-corrected chi connectivity index (χ4v) is 5.37. The van der Waals surface area contributed by atoms with Crippen LogP contribution in [0.4, 0.5) is 0 Å². The second-order valence-corrected chi connectivity index (χ2v) is 9.58. The molecule has 168 valence electrons. The zero-order valence-electron chi connectivity index (χ0n) is 18.0. The Morgan fingerprint density at radius 1 is 1.10 bits per heavy atom. The molecule has 0 radical (unpaired) electrons. The van der Waals surface area contributed by atoms with Gasteiger partial charge in [0, 0.05) is 38.0 Å². The summed E-state index contributed by atoms with van der Waals surface area (Å²) in [6.45, 7) is 3.15. The number of ether oxygens (including phenoxy) is 1. The first kappa shape index (κ1) is 23.1. The highest BCUT2D eigenvalue weighted by Gasteiger charge is 2.36. The number of ketones is 1. The molecule has 1 aliphatic carbocycles. The van der Waals surface area contributed by atoms with Gasteiger partial charge in [0.25, 0.3) is 0 Å². The van der Waals surface area contributed by atoms with Crippen molar-refractivity contribution in [1.29, 1.82) is 0 Å². The minimum atomic E-state index is -0.822. The number of amidine groups is 1. The van der Waals surface area contributed by atoms with Gasteiger partial charge in [-0.1, -0.05) is 37.4 Å². The molecule has 9 heteroatoms. The highest BCUT2D eigenvalue weighted by Crippen LogP contribution is 2.25. The van der Waals surface area contributed by atoms with E-state index in [9.17, 15) is 14.4 Å². The van der Waals surface area contributed by atoms with Crippen LogP contribution in [0.5, 0.6) is 0 Å². The minimum absolute atomic E-state index is 0.0732. The molecule has 0 aromatic carbocycles. The Balaban J connectivity index is 1.66. The number of nitrogens with zero attached hydrogens (tertiary/aromatic N) is 2. The number of carbonyl (C=O) groups is 3. The zero-order chi connectivity index (χ0) is 21.5. The van der Waals surface area contributed by atoms with Crippen molar-refractivity contribution in [3.63, 3.8) is 0 Å². The molecule has 3 fully saturated rings. The van der Waals surface area contributed by atoms with Gasteiger partial charge < -0.3 is 15.0 Å². The first-order valence-electron chi connectivity index (χ1n) is 11.1. The van der Waals surface area contributed by atoms with E-state index in [2.05, 4.69) is 22.8 Å². The van der Waals surface area contributed by atoms with Crippen LogP contribution in [0.25, 0.3) is 0 Å². The van der Waals surface area contributed by atoms with Gasteiger partial charge in [-0.3, -0.25) is 14.4 Å². The summed E-state index contributed by atoms with van der Waals surface area (Å²) in [7, 11) is 1.91. The molecule has 0 unspecified atom stereocenters. The number of hydrogen-bond donors (Lipinski definition) is 2. The molecule has 2 atom stereocenters. The van der Waals surface area contributed by atoms with Crippen LogP contribution in [0.3, 0.4) is 0 Å². The molecule has 1 saturated carbocycles. The molecular weight excluding hydrogens is 404 g/mol. The van der Waals surface area contributed by atoms with Crippen LogP contribution in [-0.4, -0.2) is 65.8 Å². The number of carbonyl (C=O) groups excluding carboxylic acids is 3. The van der Waals surface area contributed by atoms with E-state index in [1.165, 1.54) is 0 Å². The van der Waals surface area contributed by atoms with E-state index in [4.69, 9.17) is 4.74 Å². The van der Waals surface area contributed by atoms with Crippen LogP contribution in [0.1, 0.15) is 58.3 Å². The molecule has 30 heavy (non-hydrogen) atoms. The SMILES string of the molecule is C[C@@H]1CSC(=NNC(=O)C(=O)[C@@H](NC(=O)C2CCCCCC2)C2CCOCC2)N1C. The van der Waals surface area contributed by atoms with Crippen LogP contribution >= 0.6 is 11.8 Å². The van der Waals surface area contributed by atoms with Gasteiger partial charge in [0.15, 0.2) is 5.17 Å². The van der Waals surface area contributed by atoms with E-state index >= 15 is 0 Å². The normalized spacial score (nSPS) is 26.3. The van der Waals surface area contributed by atoms with Crippen molar-refractivity contribution in [2.45, 2.75) is 70.4 Å². The first-order valence-corrected chi connectivity index (χ1v) is 12.1. The standard InChI is InChI=1S/C21H34N4O4S/c1-14-13-30-21(25(14)2)24-23-20(28)18(26)17(15-9-11-29-12-10-15)22-19(27)16-7-5-3-4-6-8-16/h14-17H,3-13H2,1-2H3,(H,22,27)(H,23,28)/t14-,17+/m1/s1. The predicted octanol–water partition coefficient (Wildman–Crippen LogP) is 1.89. The highest BCUT2D eigenvalue weighted by molar-refractivity contribution is 8.14. The maximum Gasteiger partial charge on any atom is 0.309 e. The maximum atomic E-state index is 13.0. The molecule has 2 heterocycles. The van der Waals surface area contributed by atoms with Gasteiger partial charge in [-0.25, -0.2) is 5.43 Å². The Morgan fingerprint density at radius 2 is 1.77 bits per heavy atom. The fourth-order valence-electron chi connectivity index (χ4n) is 4.26. The number of rotatable bonds is 6. The Hall–Kier alpha value is -1.61. The third-order valence-corrected chi connectivity index (χ3v) is 7.72. The summed E-state index contributed by atoms with van der Waals surface area (Å²) in [5, 5.41) is 7.76. The molecule has 2 amide bonds. The molecule has 2 saturated heterocycles. The Morgan fingerprint density at radius 3 is 2.37 bits per heavy atom. The summed E-state index contributed by atoms with van der Waals surface area (Å²) in [6, 6.07) is -0.493. The molecule has 0 spiro atoms. The van der Waals surface area contributed by atoms with Gasteiger partial charge in [-0.2, -0.15) is 0 Å². The number of hydrogen-bond acceptors (Lipinski definition) is 6. The van der Waals surface area contributed by atoms with Crippen molar-refractivity contribution < 1.29 is 19.1 Å². The van der Waals surface area contributed by atoms with Crippen molar-refractivity contribution in [3.05, 3.63) is 0 Å².